The predicted octanol–water partition coefficient (Wildman–Crippen LogP) is 5.19. The smallest absolute Gasteiger partial charge is 0.413 e. The Hall–Kier alpha value is -4.02. The van der Waals surface area contributed by atoms with E-state index in [9.17, 15) is 18.0 Å². The number of cyclic esters (lactones) is 1. The molecule has 1 saturated carbocycles. The number of ether oxygens (including phenoxy) is 3. The summed E-state index contributed by atoms with van der Waals surface area (Å²) in [6.45, 7) is 0.0544. The lowest BCUT2D eigenvalue weighted by atomic mass is 10.00. The second kappa shape index (κ2) is 7.00. The van der Waals surface area contributed by atoms with Gasteiger partial charge in [0.05, 0.1) is 22.9 Å². The molecule has 4 aliphatic rings. The van der Waals surface area contributed by atoms with Crippen LogP contribution in [0.3, 0.4) is 0 Å². The van der Waals surface area contributed by atoms with Crippen LogP contribution >= 0.6 is 0 Å². The highest BCUT2D eigenvalue weighted by molar-refractivity contribution is 5.86. The van der Waals surface area contributed by atoms with Crippen LogP contribution in [0.5, 0.6) is 17.2 Å². The average molecular weight is 482 g/mol. The Kier molecular flexibility index (Phi) is 4.07. The number of alkyl halides is 3. The summed E-state index contributed by atoms with van der Waals surface area (Å²) in [7, 11) is 0. The summed E-state index contributed by atoms with van der Waals surface area (Å²) in [5.41, 5.74) is 2.15. The minimum absolute atomic E-state index is 0.0428. The number of aryl methyl sites for hydroxylation is 1. The number of aromatic nitrogens is 3. The number of carbonyl (C=O) groups excluding carboxylic acids is 1. The minimum Gasteiger partial charge on any atom is -0.489 e. The van der Waals surface area contributed by atoms with Crippen molar-refractivity contribution >= 4 is 18.0 Å². The summed E-state index contributed by atoms with van der Waals surface area (Å²) in [6, 6.07) is 7.23. The van der Waals surface area contributed by atoms with E-state index in [1.165, 1.54) is 0 Å². The topological polar surface area (TPSA) is 98.4 Å². The molecule has 2 aromatic heterocycles. The number of aromatic amines is 1. The Morgan fingerprint density at radius 1 is 1.14 bits per heavy atom. The van der Waals surface area contributed by atoms with Gasteiger partial charge < -0.3 is 19.2 Å². The van der Waals surface area contributed by atoms with Crippen molar-refractivity contribution in [2.75, 3.05) is 5.32 Å². The van der Waals surface area contributed by atoms with Crippen LogP contribution in [-0.2, 0) is 17.8 Å². The summed E-state index contributed by atoms with van der Waals surface area (Å²) in [5.74, 6) is 2.90. The summed E-state index contributed by atoms with van der Waals surface area (Å²) in [4.78, 5) is 23.3. The number of nitrogens with one attached hydrogen (secondary N) is 2. The number of H-pyrrole nitrogens is 1. The number of fused-ring (bicyclic) bond motifs is 5. The second-order valence-electron chi connectivity index (χ2n) is 8.92. The average Bonchev–Trinajstić information content (AvgIpc) is 3.18. The quantitative estimate of drug-likeness (QED) is 0.533. The van der Waals surface area contributed by atoms with Gasteiger partial charge in [-0.05, 0) is 43.2 Å². The van der Waals surface area contributed by atoms with E-state index in [0.717, 1.165) is 17.4 Å². The first kappa shape index (κ1) is 20.4. The number of amides is 1. The van der Waals surface area contributed by atoms with Gasteiger partial charge in [-0.25, -0.2) is 14.8 Å². The van der Waals surface area contributed by atoms with Gasteiger partial charge in [0.2, 0.25) is 0 Å². The normalized spacial score (nSPS) is 23.6. The lowest BCUT2D eigenvalue weighted by Gasteiger charge is -2.19. The van der Waals surface area contributed by atoms with Gasteiger partial charge in [-0.2, -0.15) is 13.2 Å². The zero-order valence-corrected chi connectivity index (χ0v) is 18.0. The van der Waals surface area contributed by atoms with Crippen LogP contribution in [0.25, 0.3) is 6.08 Å². The molecule has 4 heterocycles. The van der Waals surface area contributed by atoms with Crippen LogP contribution in [0.4, 0.5) is 23.8 Å². The molecule has 2 aliphatic carbocycles. The number of halogens is 3. The highest BCUT2D eigenvalue weighted by Crippen LogP contribution is 2.63. The number of hydrogen-bond acceptors (Lipinski definition) is 6. The molecular formula is C24H17F3N4O4. The number of allylic oxidation sites excluding steroid dienone is 1. The molecule has 35 heavy (non-hydrogen) atoms. The maximum atomic E-state index is 13.1. The van der Waals surface area contributed by atoms with Crippen molar-refractivity contribution in [1.29, 1.82) is 0 Å². The first-order valence-corrected chi connectivity index (χ1v) is 11.1. The van der Waals surface area contributed by atoms with Crippen molar-refractivity contribution in [1.82, 2.24) is 15.0 Å². The molecule has 1 aromatic carbocycles. The summed E-state index contributed by atoms with van der Waals surface area (Å²) < 4.78 is 56.5. The van der Waals surface area contributed by atoms with Gasteiger partial charge >= 0.3 is 12.3 Å². The minimum atomic E-state index is -4.33. The van der Waals surface area contributed by atoms with Gasteiger partial charge in [-0.3, -0.25) is 5.32 Å². The zero-order valence-electron chi connectivity index (χ0n) is 18.0. The first-order valence-electron chi connectivity index (χ1n) is 11.1. The standard InChI is InChI=1S/C24H17F3N4O4/c25-24(26,27)10-1-3-14-15(7-10)30-22(29-14)19-18-12-8-11(2-4-16(12)35-20(18)19)34-17-5-6-28-21-13(17)9-33-23(32)31-21/h2,4-8,18-20H,1,3,9H2,(H,29,30)(H,28,31,32). The fourth-order valence-electron chi connectivity index (χ4n) is 5.08. The molecule has 8 nitrogen and oxygen atoms in total. The molecule has 3 unspecified atom stereocenters. The van der Waals surface area contributed by atoms with Gasteiger partial charge in [0, 0.05) is 23.3 Å². The van der Waals surface area contributed by atoms with E-state index >= 15 is 0 Å². The molecule has 2 aliphatic heterocycles. The van der Waals surface area contributed by atoms with E-state index in [-0.39, 0.29) is 37.4 Å². The Bertz CT molecular complexity index is 1430. The number of benzene rings is 1. The molecule has 0 saturated heterocycles. The highest BCUT2D eigenvalue weighted by Gasteiger charge is 2.61. The number of hydrogen-bond donors (Lipinski definition) is 2. The summed E-state index contributed by atoms with van der Waals surface area (Å²) >= 11 is 0. The van der Waals surface area contributed by atoms with E-state index in [2.05, 4.69) is 20.3 Å². The number of imidazole rings is 1. The van der Waals surface area contributed by atoms with E-state index in [1.54, 1.807) is 18.3 Å². The fraction of sp³-hybridized carbons (Fsp3) is 0.292. The molecule has 11 heteroatoms. The Morgan fingerprint density at radius 2 is 2.03 bits per heavy atom. The molecule has 1 fully saturated rings. The van der Waals surface area contributed by atoms with Crippen molar-refractivity contribution in [2.45, 2.75) is 43.6 Å². The Morgan fingerprint density at radius 3 is 2.89 bits per heavy atom. The first-order chi connectivity index (χ1) is 16.8. The van der Waals surface area contributed by atoms with Gasteiger partial charge in [0.25, 0.3) is 0 Å². The molecule has 0 radical (unpaired) electrons. The summed E-state index contributed by atoms with van der Waals surface area (Å²) in [5, 5.41) is 2.55. The van der Waals surface area contributed by atoms with Crippen molar-refractivity contribution in [3.8, 4) is 17.2 Å². The van der Waals surface area contributed by atoms with Crippen LogP contribution in [-0.4, -0.2) is 33.3 Å². The third-order valence-corrected chi connectivity index (χ3v) is 6.82. The molecule has 3 atom stereocenters. The molecule has 7 rings (SSSR count). The zero-order chi connectivity index (χ0) is 23.9. The van der Waals surface area contributed by atoms with Gasteiger partial charge in [-0.1, -0.05) is 0 Å². The van der Waals surface area contributed by atoms with E-state index in [1.807, 2.05) is 12.1 Å². The van der Waals surface area contributed by atoms with Crippen molar-refractivity contribution < 1.29 is 32.2 Å². The number of nitrogens with zero attached hydrogens (tertiary/aromatic N) is 2. The number of pyridine rings is 1. The van der Waals surface area contributed by atoms with Crippen molar-refractivity contribution in [3.63, 3.8) is 0 Å². The third-order valence-electron chi connectivity index (χ3n) is 6.82. The molecule has 1 amide bonds. The monoisotopic (exact) mass is 482 g/mol. The van der Waals surface area contributed by atoms with Gasteiger partial charge in [-0.15, -0.1) is 0 Å². The largest absolute Gasteiger partial charge is 0.489 e. The highest BCUT2D eigenvalue weighted by atomic mass is 19.4. The van der Waals surface area contributed by atoms with Crippen molar-refractivity contribution in [2.24, 2.45) is 0 Å². The van der Waals surface area contributed by atoms with Crippen LogP contribution in [0.15, 0.2) is 36.0 Å². The SMILES string of the molecule is O=C1Nc2nccc(Oc3ccc4c(c3)C3C(O4)C3c3nc4c([nH]3)C=C(C(F)(F)F)CC4)c2CO1. The van der Waals surface area contributed by atoms with Crippen LogP contribution in [0.2, 0.25) is 0 Å². The molecule has 178 valence electrons. The Balaban J connectivity index is 1.14. The Labute approximate surface area is 196 Å². The maximum absolute atomic E-state index is 13.1. The predicted molar refractivity (Wildman–Crippen MR) is 115 cm³/mol. The van der Waals surface area contributed by atoms with Crippen molar-refractivity contribution in [3.05, 3.63) is 64.4 Å². The fourth-order valence-corrected chi connectivity index (χ4v) is 5.08. The van der Waals surface area contributed by atoms with E-state index in [0.29, 0.717) is 40.1 Å². The molecular weight excluding hydrogens is 465 g/mol. The maximum Gasteiger partial charge on any atom is 0.413 e. The number of carbonyl (C=O) groups is 1. The molecule has 2 N–H and O–H groups in total. The molecule has 0 bridgehead atoms. The van der Waals surface area contributed by atoms with Crippen LogP contribution in [0, 0.1) is 0 Å². The molecule has 3 aromatic rings. The lowest BCUT2D eigenvalue weighted by Crippen LogP contribution is -2.21. The molecule has 0 spiro atoms. The lowest BCUT2D eigenvalue weighted by molar-refractivity contribution is -0.0931. The van der Waals surface area contributed by atoms with Gasteiger partial charge in [0.1, 0.15) is 41.6 Å². The van der Waals surface area contributed by atoms with Crippen LogP contribution < -0.4 is 14.8 Å². The van der Waals surface area contributed by atoms with Gasteiger partial charge in [0.15, 0.2) is 0 Å². The van der Waals surface area contributed by atoms with E-state index < -0.39 is 17.8 Å². The number of anilines is 1. The second-order valence-corrected chi connectivity index (χ2v) is 8.92. The van der Waals surface area contributed by atoms with E-state index in [4.69, 9.17) is 14.2 Å². The summed E-state index contributed by atoms with van der Waals surface area (Å²) in [6.07, 6.45) is -2.11. The number of rotatable bonds is 3. The van der Waals surface area contributed by atoms with Crippen LogP contribution in [0.1, 0.15) is 46.6 Å². The third kappa shape index (κ3) is 3.25.